The molecule has 0 spiro atoms. The van der Waals surface area contributed by atoms with Gasteiger partial charge in [0.05, 0.1) is 38.6 Å². The number of hydrogen-bond donors (Lipinski definition) is 12. The zero-order valence-corrected chi connectivity index (χ0v) is 53.8. The average molecular weight is 1240 g/mol. The number of carbonyl (C=O) groups is 1. The van der Waals surface area contributed by atoms with Crippen LogP contribution in [0.2, 0.25) is 0 Å². The molecule has 17 atom stereocenters. The highest BCUT2D eigenvalue weighted by atomic mass is 16.8. The van der Waals surface area contributed by atoms with E-state index in [9.17, 15) is 61.0 Å². The maximum absolute atomic E-state index is 13.4. The molecule has 0 radical (unpaired) electrons. The first-order chi connectivity index (χ1) is 42.3. The van der Waals surface area contributed by atoms with Gasteiger partial charge in [-0.05, 0) is 44.9 Å². The third-order valence-electron chi connectivity index (χ3n) is 17.4. The Morgan fingerprint density at radius 3 is 1.15 bits per heavy atom. The van der Waals surface area contributed by atoms with Crippen molar-refractivity contribution in [3.63, 3.8) is 0 Å². The van der Waals surface area contributed by atoms with Gasteiger partial charge in [0.2, 0.25) is 5.91 Å². The molecule has 3 aliphatic heterocycles. The number of hydrogen-bond acceptors (Lipinski definition) is 18. The summed E-state index contributed by atoms with van der Waals surface area (Å²) >= 11 is 0. The van der Waals surface area contributed by atoms with E-state index in [4.69, 9.17) is 28.4 Å². The minimum atomic E-state index is -1.98. The maximum atomic E-state index is 13.4. The summed E-state index contributed by atoms with van der Waals surface area (Å²) in [5.41, 5.74) is 0. The van der Waals surface area contributed by atoms with Gasteiger partial charge in [-0.15, -0.1) is 0 Å². The van der Waals surface area contributed by atoms with Crippen molar-refractivity contribution < 1.29 is 89.4 Å². The van der Waals surface area contributed by atoms with Crippen molar-refractivity contribution in [3.8, 4) is 0 Å². The standard InChI is InChI=1S/C68H125NO18/c1-3-5-7-9-11-13-15-17-19-21-22-23-24-25-26-27-28-29-30-32-34-36-38-40-42-44-46-56(74)69-51(52(73)45-43-41-39-37-35-33-31-20-18-16-14-12-10-8-6-4-2)50-82-66-62(80)59(77)64(54(48-71)84-66)87-68-63(81)60(78)65(55(49-72)85-68)86-67-61(79)58(76)57(75)53(47-70)83-67/h18,20,35,37,43,45,51-55,57-68,70-73,75-81H,3-17,19,21-34,36,38-42,44,46-50H2,1-2H3,(H,69,74)/b20-18+,37-35+,45-43+. The van der Waals surface area contributed by atoms with E-state index in [1.54, 1.807) is 6.08 Å². The molecule has 3 aliphatic rings. The molecule has 0 aromatic heterocycles. The van der Waals surface area contributed by atoms with Gasteiger partial charge in [-0.25, -0.2) is 0 Å². The van der Waals surface area contributed by atoms with Crippen molar-refractivity contribution >= 4 is 5.91 Å². The van der Waals surface area contributed by atoms with Crippen molar-refractivity contribution in [3.05, 3.63) is 36.5 Å². The first-order valence-corrected chi connectivity index (χ1v) is 34.7. The fourth-order valence-electron chi connectivity index (χ4n) is 11.8. The van der Waals surface area contributed by atoms with Crippen LogP contribution >= 0.6 is 0 Å². The Kier molecular flexibility index (Phi) is 46.0. The Bertz CT molecular complexity index is 1720. The Hall–Kier alpha value is -1.99. The molecule has 0 aromatic rings. The summed E-state index contributed by atoms with van der Waals surface area (Å²) in [5, 5.41) is 120. The predicted octanol–water partition coefficient (Wildman–Crippen LogP) is 8.83. The second kappa shape index (κ2) is 50.6. The molecule has 510 valence electrons. The summed E-state index contributed by atoms with van der Waals surface area (Å²) in [6.45, 7) is 1.71. The molecule has 19 heteroatoms. The smallest absolute Gasteiger partial charge is 0.220 e. The highest BCUT2D eigenvalue weighted by Gasteiger charge is 2.53. The number of ether oxygens (including phenoxy) is 6. The molecule has 87 heavy (non-hydrogen) atoms. The van der Waals surface area contributed by atoms with Gasteiger partial charge in [0.15, 0.2) is 18.9 Å². The lowest BCUT2D eigenvalue weighted by Crippen LogP contribution is -2.66. The van der Waals surface area contributed by atoms with E-state index in [1.807, 2.05) is 6.08 Å². The van der Waals surface area contributed by atoms with Crippen molar-refractivity contribution in [2.24, 2.45) is 0 Å². The lowest BCUT2D eigenvalue weighted by atomic mass is 9.96. The number of amides is 1. The van der Waals surface area contributed by atoms with E-state index in [0.29, 0.717) is 12.8 Å². The highest BCUT2D eigenvalue weighted by Crippen LogP contribution is 2.33. The number of nitrogens with one attached hydrogen (secondary N) is 1. The average Bonchev–Trinajstić information content (AvgIpc) is 2.98. The molecule has 12 N–H and O–H groups in total. The van der Waals surface area contributed by atoms with E-state index in [2.05, 4.69) is 43.5 Å². The Morgan fingerprint density at radius 1 is 0.402 bits per heavy atom. The fourth-order valence-corrected chi connectivity index (χ4v) is 11.8. The van der Waals surface area contributed by atoms with Gasteiger partial charge in [0.1, 0.15) is 73.2 Å². The van der Waals surface area contributed by atoms with E-state index in [0.717, 1.165) is 44.9 Å². The summed E-state index contributed by atoms with van der Waals surface area (Å²) in [7, 11) is 0. The molecule has 3 saturated heterocycles. The van der Waals surface area contributed by atoms with Crippen LogP contribution in [0.1, 0.15) is 258 Å². The van der Waals surface area contributed by atoms with Gasteiger partial charge >= 0.3 is 0 Å². The van der Waals surface area contributed by atoms with E-state index < -0.39 is 124 Å². The molecule has 3 fully saturated rings. The van der Waals surface area contributed by atoms with E-state index in [-0.39, 0.29) is 18.9 Å². The predicted molar refractivity (Wildman–Crippen MR) is 337 cm³/mol. The monoisotopic (exact) mass is 1240 g/mol. The van der Waals surface area contributed by atoms with Crippen LogP contribution in [0.15, 0.2) is 36.5 Å². The van der Waals surface area contributed by atoms with Gasteiger partial charge < -0.3 is 89.9 Å². The Labute approximate surface area is 523 Å². The molecule has 0 saturated carbocycles. The van der Waals surface area contributed by atoms with Crippen LogP contribution in [0.5, 0.6) is 0 Å². The Balaban J connectivity index is 1.43. The van der Waals surface area contributed by atoms with Crippen molar-refractivity contribution in [1.82, 2.24) is 5.32 Å². The molecule has 19 nitrogen and oxygen atoms in total. The topological polar surface area (TPSA) is 307 Å². The van der Waals surface area contributed by atoms with Crippen LogP contribution < -0.4 is 5.32 Å². The lowest BCUT2D eigenvalue weighted by molar-refractivity contribution is -0.379. The van der Waals surface area contributed by atoms with E-state index in [1.165, 1.54) is 180 Å². The minimum Gasteiger partial charge on any atom is -0.394 e. The molecule has 0 bridgehead atoms. The zero-order chi connectivity index (χ0) is 63.3. The molecule has 1 amide bonds. The minimum absolute atomic E-state index is 0.236. The molecule has 3 rings (SSSR count). The second-order valence-electron chi connectivity index (χ2n) is 25.0. The third kappa shape index (κ3) is 32.9. The maximum Gasteiger partial charge on any atom is 0.220 e. The lowest BCUT2D eigenvalue weighted by Gasteiger charge is -2.48. The van der Waals surface area contributed by atoms with Gasteiger partial charge in [-0.1, -0.05) is 243 Å². The molecule has 0 aromatic carbocycles. The van der Waals surface area contributed by atoms with Crippen LogP contribution in [-0.2, 0) is 33.2 Å². The number of carbonyl (C=O) groups excluding carboxylic acids is 1. The van der Waals surface area contributed by atoms with Gasteiger partial charge in [-0.3, -0.25) is 4.79 Å². The third-order valence-corrected chi connectivity index (χ3v) is 17.4. The summed E-state index contributed by atoms with van der Waals surface area (Å²) in [4.78, 5) is 13.4. The molecule has 0 aliphatic carbocycles. The van der Waals surface area contributed by atoms with Gasteiger partial charge in [0, 0.05) is 6.42 Å². The molecule has 17 unspecified atom stereocenters. The first kappa shape index (κ1) is 79.2. The van der Waals surface area contributed by atoms with Crippen LogP contribution in [0.3, 0.4) is 0 Å². The molecular weight excluding hydrogens is 1120 g/mol. The van der Waals surface area contributed by atoms with Gasteiger partial charge in [0.25, 0.3) is 0 Å². The normalized spacial score (nSPS) is 28.8. The second-order valence-corrected chi connectivity index (χ2v) is 25.0. The number of rotatable bonds is 53. The quantitative estimate of drug-likeness (QED) is 0.0200. The number of aliphatic hydroxyl groups excluding tert-OH is 11. The summed E-state index contributed by atoms with van der Waals surface area (Å²) in [6.07, 6.45) is 31.3. The zero-order valence-electron chi connectivity index (χ0n) is 53.8. The van der Waals surface area contributed by atoms with Crippen LogP contribution in [-0.4, -0.2) is 193 Å². The van der Waals surface area contributed by atoms with Gasteiger partial charge in [-0.2, -0.15) is 0 Å². The fraction of sp³-hybridized carbons (Fsp3) is 0.897. The summed E-state index contributed by atoms with van der Waals surface area (Å²) in [6, 6.07) is -0.994. The largest absolute Gasteiger partial charge is 0.394 e. The van der Waals surface area contributed by atoms with E-state index >= 15 is 0 Å². The van der Waals surface area contributed by atoms with Crippen LogP contribution in [0.4, 0.5) is 0 Å². The van der Waals surface area contributed by atoms with Crippen molar-refractivity contribution in [2.45, 2.75) is 362 Å². The number of aliphatic hydroxyl groups is 11. The summed E-state index contributed by atoms with van der Waals surface area (Å²) < 4.78 is 34.3. The number of unbranched alkanes of at least 4 members (excludes halogenated alkanes) is 33. The molecular formula is C68H125NO18. The van der Waals surface area contributed by atoms with Crippen LogP contribution in [0.25, 0.3) is 0 Å². The highest BCUT2D eigenvalue weighted by molar-refractivity contribution is 5.76. The van der Waals surface area contributed by atoms with Crippen molar-refractivity contribution in [1.29, 1.82) is 0 Å². The first-order valence-electron chi connectivity index (χ1n) is 34.7. The van der Waals surface area contributed by atoms with Crippen molar-refractivity contribution in [2.75, 3.05) is 26.4 Å². The van der Waals surface area contributed by atoms with Crippen LogP contribution in [0, 0.1) is 0 Å². The SMILES string of the molecule is CCCCCCCC/C=C/CC/C=C/CC/C=C/C(O)C(COC1OC(CO)C(OC2OC(CO)C(OC3OC(CO)C(O)C(O)C3O)C(O)C2O)C(O)C1O)NC(=O)CCCCCCCCCCCCCCCCCCCCCCCCCCCC. The summed E-state index contributed by atoms with van der Waals surface area (Å²) in [5.74, 6) is -0.286. The number of allylic oxidation sites excluding steroid dienone is 5. The molecule has 3 heterocycles. The Morgan fingerprint density at radius 2 is 0.736 bits per heavy atom.